The third-order valence-electron chi connectivity index (χ3n) is 5.38. The van der Waals surface area contributed by atoms with Crippen LogP contribution < -0.4 is 4.74 Å². The highest BCUT2D eigenvalue weighted by Gasteiger charge is 2.22. The SMILES string of the molecule is CCc1cccnc1.C\C=C(C)/C(=N\C=C\C(F)(F)F)O[C@H](C)CCOc1ccc(CCC(=O)O)c(C)c1. The molecular weight excluding hydrogens is 497 g/mol. The number of carbonyl (C=O) groups is 1. The first-order chi connectivity index (χ1) is 17.9. The van der Waals surface area contributed by atoms with Crippen molar-refractivity contribution in [3.8, 4) is 5.75 Å². The van der Waals surface area contributed by atoms with Crippen LogP contribution in [0.1, 0.15) is 57.2 Å². The van der Waals surface area contributed by atoms with Gasteiger partial charge < -0.3 is 14.6 Å². The Hall–Kier alpha value is -3.62. The van der Waals surface area contributed by atoms with Gasteiger partial charge in [0.25, 0.3) is 0 Å². The highest BCUT2D eigenvalue weighted by Crippen LogP contribution is 2.19. The number of allylic oxidation sites excluding steroid dienone is 2. The highest BCUT2D eigenvalue weighted by molar-refractivity contribution is 5.93. The summed E-state index contributed by atoms with van der Waals surface area (Å²) in [6.07, 6.45) is 3.47. The first-order valence-corrected chi connectivity index (χ1v) is 12.4. The smallest absolute Gasteiger partial charge is 0.411 e. The van der Waals surface area contributed by atoms with E-state index in [1.807, 2.05) is 31.3 Å². The molecule has 0 radical (unpaired) electrons. The van der Waals surface area contributed by atoms with Gasteiger partial charge >= 0.3 is 12.1 Å². The predicted molar refractivity (Wildman–Crippen MR) is 143 cm³/mol. The van der Waals surface area contributed by atoms with Crippen LogP contribution in [0.15, 0.2) is 71.6 Å². The molecule has 1 atom stereocenters. The number of aromatic nitrogens is 1. The topological polar surface area (TPSA) is 81.0 Å². The van der Waals surface area contributed by atoms with Gasteiger partial charge in [0.2, 0.25) is 5.90 Å². The lowest BCUT2D eigenvalue weighted by Gasteiger charge is -2.17. The lowest BCUT2D eigenvalue weighted by molar-refractivity contribution is -0.136. The molecule has 0 fully saturated rings. The summed E-state index contributed by atoms with van der Waals surface area (Å²) in [5.74, 6) is -0.0526. The number of aliphatic carboxylic acids is 1. The molecular formula is C29H37F3N2O4. The maximum Gasteiger partial charge on any atom is 0.411 e. The largest absolute Gasteiger partial charge is 0.493 e. The summed E-state index contributed by atoms with van der Waals surface area (Å²) in [4.78, 5) is 18.4. The molecule has 0 saturated heterocycles. The van der Waals surface area contributed by atoms with Gasteiger partial charge in [-0.05, 0) is 75.4 Å². The van der Waals surface area contributed by atoms with Crippen LogP contribution in [0.3, 0.4) is 0 Å². The van der Waals surface area contributed by atoms with E-state index < -0.39 is 12.1 Å². The number of pyridine rings is 1. The standard InChI is InChI=1S/C22H28F3NO4.C7H9N/c1-5-15(2)21(26-12-11-22(23,24)25)30-17(4)10-13-29-19-8-6-18(16(3)14-19)7-9-20(27)28;1-2-7-4-3-5-8-6-7/h5-6,8,11-12,14,17H,7,9-10,13H2,1-4H3,(H,27,28);3-6H,2H2,1H3/b12-11+,15-5-,26-21+;/t17-;/m1./s1. The van der Waals surface area contributed by atoms with Crippen LogP contribution in [-0.2, 0) is 22.4 Å². The van der Waals surface area contributed by atoms with E-state index in [1.165, 1.54) is 5.56 Å². The molecule has 0 unspecified atom stereocenters. The molecule has 38 heavy (non-hydrogen) atoms. The van der Waals surface area contributed by atoms with Crippen LogP contribution in [-0.4, -0.2) is 40.8 Å². The summed E-state index contributed by atoms with van der Waals surface area (Å²) in [6.45, 7) is 9.60. The summed E-state index contributed by atoms with van der Waals surface area (Å²) < 4.78 is 48.2. The zero-order valence-electron chi connectivity index (χ0n) is 22.6. The van der Waals surface area contributed by atoms with E-state index in [0.29, 0.717) is 37.0 Å². The second-order valence-corrected chi connectivity index (χ2v) is 8.53. The van der Waals surface area contributed by atoms with E-state index in [4.69, 9.17) is 14.6 Å². The Bertz CT molecular complexity index is 1080. The minimum Gasteiger partial charge on any atom is -0.493 e. The molecule has 0 aliphatic heterocycles. The molecule has 9 heteroatoms. The zero-order valence-corrected chi connectivity index (χ0v) is 22.6. The van der Waals surface area contributed by atoms with Crippen molar-refractivity contribution in [2.24, 2.45) is 4.99 Å². The number of rotatable bonds is 11. The first kappa shape index (κ1) is 32.4. The average molecular weight is 535 g/mol. The van der Waals surface area contributed by atoms with Gasteiger partial charge in [-0.2, -0.15) is 13.2 Å². The number of hydrogen-bond donors (Lipinski definition) is 1. The second kappa shape index (κ2) is 17.0. The molecule has 2 rings (SSSR count). The molecule has 0 aliphatic rings. The van der Waals surface area contributed by atoms with Crippen LogP contribution in [0.25, 0.3) is 0 Å². The zero-order chi connectivity index (χ0) is 28.6. The number of benzene rings is 1. The normalized spacial score (nSPS) is 13.1. The molecule has 0 amide bonds. The Labute approximate surface area is 222 Å². The number of nitrogens with zero attached hydrogens (tertiary/aromatic N) is 2. The van der Waals surface area contributed by atoms with E-state index in [9.17, 15) is 18.0 Å². The molecule has 1 aromatic carbocycles. The Morgan fingerprint density at radius 1 is 1.26 bits per heavy atom. The third-order valence-corrected chi connectivity index (χ3v) is 5.38. The van der Waals surface area contributed by atoms with Gasteiger partial charge in [0.1, 0.15) is 11.9 Å². The van der Waals surface area contributed by atoms with Crippen molar-refractivity contribution in [2.45, 2.75) is 72.6 Å². The number of halogens is 3. The van der Waals surface area contributed by atoms with E-state index in [-0.39, 0.29) is 24.5 Å². The predicted octanol–water partition coefficient (Wildman–Crippen LogP) is 7.27. The van der Waals surface area contributed by atoms with Crippen LogP contribution in [0.4, 0.5) is 13.2 Å². The Morgan fingerprint density at radius 2 is 2.00 bits per heavy atom. The quantitative estimate of drug-likeness (QED) is 0.242. The summed E-state index contributed by atoms with van der Waals surface area (Å²) in [6, 6.07) is 9.52. The van der Waals surface area contributed by atoms with Crippen molar-refractivity contribution in [1.29, 1.82) is 0 Å². The third kappa shape index (κ3) is 14.2. The molecule has 0 aliphatic carbocycles. The van der Waals surface area contributed by atoms with Crippen molar-refractivity contribution in [3.05, 3.63) is 83.3 Å². The first-order valence-electron chi connectivity index (χ1n) is 12.4. The van der Waals surface area contributed by atoms with Gasteiger partial charge in [-0.25, -0.2) is 4.99 Å². The fourth-order valence-corrected chi connectivity index (χ4v) is 3.02. The number of hydrogen-bond acceptors (Lipinski definition) is 5. The maximum absolute atomic E-state index is 12.3. The minimum atomic E-state index is -4.43. The van der Waals surface area contributed by atoms with Crippen LogP contribution in [0.5, 0.6) is 5.75 Å². The van der Waals surface area contributed by atoms with Gasteiger partial charge in [0, 0.05) is 43.1 Å². The van der Waals surface area contributed by atoms with Gasteiger partial charge in [-0.3, -0.25) is 9.78 Å². The lowest BCUT2D eigenvalue weighted by atomic mass is 10.0. The van der Waals surface area contributed by atoms with E-state index in [1.54, 1.807) is 39.1 Å². The Kier molecular flexibility index (Phi) is 14.5. The fourth-order valence-electron chi connectivity index (χ4n) is 3.02. The van der Waals surface area contributed by atoms with Crippen LogP contribution in [0.2, 0.25) is 0 Å². The molecule has 2 aromatic rings. The van der Waals surface area contributed by atoms with Crippen molar-refractivity contribution in [3.63, 3.8) is 0 Å². The van der Waals surface area contributed by atoms with E-state index in [0.717, 1.165) is 17.5 Å². The average Bonchev–Trinajstić information content (AvgIpc) is 2.87. The highest BCUT2D eigenvalue weighted by atomic mass is 19.4. The molecule has 208 valence electrons. The molecule has 0 saturated carbocycles. The molecule has 1 heterocycles. The summed E-state index contributed by atoms with van der Waals surface area (Å²) in [5.41, 5.74) is 3.83. The van der Waals surface area contributed by atoms with Gasteiger partial charge in [0.15, 0.2) is 0 Å². The summed E-state index contributed by atoms with van der Waals surface area (Å²) >= 11 is 0. The molecule has 0 spiro atoms. The number of carboxylic acids is 1. The summed E-state index contributed by atoms with van der Waals surface area (Å²) in [7, 11) is 0. The van der Waals surface area contributed by atoms with Crippen LogP contribution in [0, 0.1) is 6.92 Å². The van der Waals surface area contributed by atoms with Crippen molar-refractivity contribution >= 4 is 11.9 Å². The molecule has 0 bridgehead atoms. The summed E-state index contributed by atoms with van der Waals surface area (Å²) in [5, 5.41) is 8.78. The van der Waals surface area contributed by atoms with E-state index >= 15 is 0 Å². The Morgan fingerprint density at radius 3 is 2.53 bits per heavy atom. The van der Waals surface area contributed by atoms with Gasteiger partial charge in [-0.1, -0.05) is 25.1 Å². The number of aliphatic imine (C=N–C) groups is 1. The van der Waals surface area contributed by atoms with Gasteiger partial charge in [-0.15, -0.1) is 0 Å². The molecule has 1 N–H and O–H groups in total. The maximum atomic E-state index is 12.3. The number of ether oxygens (including phenoxy) is 2. The number of aryl methyl sites for hydroxylation is 3. The Balaban J connectivity index is 0.000000763. The monoisotopic (exact) mass is 534 g/mol. The fraction of sp³-hybridized carbons (Fsp3) is 0.414. The van der Waals surface area contributed by atoms with Crippen LogP contribution >= 0.6 is 0 Å². The number of carboxylic acid groups (broad SMARTS) is 1. The minimum absolute atomic E-state index is 0.0511. The molecule has 6 nitrogen and oxygen atoms in total. The number of alkyl halides is 3. The second-order valence-electron chi connectivity index (χ2n) is 8.53. The van der Waals surface area contributed by atoms with E-state index in [2.05, 4.69) is 23.0 Å². The van der Waals surface area contributed by atoms with Gasteiger partial charge in [0.05, 0.1) is 6.61 Å². The van der Waals surface area contributed by atoms with Crippen molar-refractivity contribution < 1.29 is 32.5 Å². The van der Waals surface area contributed by atoms with Crippen molar-refractivity contribution in [1.82, 2.24) is 4.98 Å². The lowest BCUT2D eigenvalue weighted by Crippen LogP contribution is -2.18. The van der Waals surface area contributed by atoms with Crippen molar-refractivity contribution in [2.75, 3.05) is 6.61 Å². The molecule has 1 aromatic heterocycles.